The summed E-state index contributed by atoms with van der Waals surface area (Å²) in [6, 6.07) is 9.13. The Bertz CT molecular complexity index is 1080. The van der Waals surface area contributed by atoms with Crippen molar-refractivity contribution in [1.29, 1.82) is 0 Å². The van der Waals surface area contributed by atoms with Gasteiger partial charge in [0.05, 0.1) is 33.0 Å². The minimum Gasteiger partial charge on any atom is -0.493 e. The van der Waals surface area contributed by atoms with Crippen molar-refractivity contribution in [3.63, 3.8) is 0 Å². The fourth-order valence-corrected chi connectivity index (χ4v) is 4.31. The normalized spacial score (nSPS) is 20.1. The largest absolute Gasteiger partial charge is 0.493 e. The molecule has 0 radical (unpaired) electrons. The molecule has 1 saturated carbocycles. The van der Waals surface area contributed by atoms with Gasteiger partial charge in [0.2, 0.25) is 5.75 Å². The van der Waals surface area contributed by atoms with E-state index in [1.807, 2.05) is 18.2 Å². The van der Waals surface area contributed by atoms with Crippen LogP contribution in [0.5, 0.6) is 17.2 Å². The molecule has 8 nitrogen and oxygen atoms in total. The second-order valence-corrected chi connectivity index (χ2v) is 8.55. The molecule has 5 rings (SSSR count). The van der Waals surface area contributed by atoms with Crippen LogP contribution in [0.4, 0.5) is 0 Å². The summed E-state index contributed by atoms with van der Waals surface area (Å²) in [4.78, 5) is 24.9. The van der Waals surface area contributed by atoms with Gasteiger partial charge in [-0.25, -0.2) is 4.79 Å². The third kappa shape index (κ3) is 3.88. The van der Waals surface area contributed by atoms with Crippen LogP contribution in [0.25, 0.3) is 11.1 Å². The van der Waals surface area contributed by atoms with Crippen molar-refractivity contribution in [3.05, 3.63) is 41.5 Å². The molecule has 0 unspecified atom stereocenters. The Balaban J connectivity index is 1.47. The van der Waals surface area contributed by atoms with E-state index in [0.29, 0.717) is 48.9 Å². The van der Waals surface area contributed by atoms with Gasteiger partial charge in [-0.1, -0.05) is 12.1 Å². The van der Waals surface area contributed by atoms with Crippen molar-refractivity contribution < 1.29 is 38.0 Å². The summed E-state index contributed by atoms with van der Waals surface area (Å²) in [7, 11) is 3.09. The van der Waals surface area contributed by atoms with Gasteiger partial charge in [0.15, 0.2) is 11.5 Å². The van der Waals surface area contributed by atoms with E-state index in [2.05, 4.69) is 0 Å². The van der Waals surface area contributed by atoms with Crippen LogP contribution in [0.1, 0.15) is 35.2 Å². The first kappa shape index (κ1) is 21.6. The number of esters is 2. The molecule has 2 aromatic carbocycles. The van der Waals surface area contributed by atoms with Gasteiger partial charge in [0.1, 0.15) is 24.7 Å². The summed E-state index contributed by atoms with van der Waals surface area (Å²) in [5, 5.41) is 0. The van der Waals surface area contributed by atoms with Crippen LogP contribution >= 0.6 is 0 Å². The quantitative estimate of drug-likeness (QED) is 0.560. The lowest BCUT2D eigenvalue weighted by Gasteiger charge is -2.22. The van der Waals surface area contributed by atoms with Crippen LogP contribution in [0.2, 0.25) is 0 Å². The highest BCUT2D eigenvalue weighted by atomic mass is 16.6. The van der Waals surface area contributed by atoms with Crippen LogP contribution in [0, 0.1) is 5.41 Å². The molecule has 0 spiro atoms. The predicted octanol–water partition coefficient (Wildman–Crippen LogP) is 3.53. The Morgan fingerprint density at radius 1 is 1.06 bits per heavy atom. The first-order chi connectivity index (χ1) is 16.1. The monoisotopic (exact) mass is 454 g/mol. The second kappa shape index (κ2) is 8.59. The molecule has 0 amide bonds. The Morgan fingerprint density at radius 2 is 1.88 bits per heavy atom. The summed E-state index contributed by atoms with van der Waals surface area (Å²) < 4.78 is 33.6. The molecule has 2 heterocycles. The van der Waals surface area contributed by atoms with Crippen molar-refractivity contribution in [3.8, 4) is 28.4 Å². The highest BCUT2D eigenvalue weighted by Crippen LogP contribution is 2.51. The van der Waals surface area contributed by atoms with Gasteiger partial charge in [-0.15, -0.1) is 0 Å². The first-order valence-electron chi connectivity index (χ1n) is 11.0. The standard InChI is InChI=1S/C25H26O8/c1-28-20-7-6-17(16-4-3-5-18-19(16)13-31-23(18)26)21(22(20)29-2)32-14-25(9-10-25)24(27)33-15-8-11-30-12-15/h3-7,15H,8-14H2,1-2H3/t15-/m1/s1. The van der Waals surface area contributed by atoms with Gasteiger partial charge in [-0.3, -0.25) is 4.79 Å². The lowest BCUT2D eigenvalue weighted by Crippen LogP contribution is -2.30. The molecule has 2 fully saturated rings. The second-order valence-electron chi connectivity index (χ2n) is 8.55. The number of cyclic esters (lactones) is 1. The number of hydrogen-bond acceptors (Lipinski definition) is 8. The zero-order valence-corrected chi connectivity index (χ0v) is 18.7. The zero-order valence-electron chi connectivity index (χ0n) is 18.7. The van der Waals surface area contributed by atoms with Gasteiger partial charge in [0, 0.05) is 17.5 Å². The van der Waals surface area contributed by atoms with Crippen molar-refractivity contribution in [2.45, 2.75) is 32.0 Å². The molecule has 174 valence electrons. The van der Waals surface area contributed by atoms with Crippen LogP contribution in [0.3, 0.4) is 0 Å². The molecule has 0 bridgehead atoms. The van der Waals surface area contributed by atoms with Crippen molar-refractivity contribution >= 4 is 11.9 Å². The Labute approximate surface area is 191 Å². The summed E-state index contributed by atoms with van der Waals surface area (Å²) in [5.41, 5.74) is 2.20. The summed E-state index contributed by atoms with van der Waals surface area (Å²) in [6.45, 7) is 1.40. The van der Waals surface area contributed by atoms with Gasteiger partial charge in [-0.05, 0) is 36.6 Å². The molecule has 1 aliphatic carbocycles. The predicted molar refractivity (Wildman–Crippen MR) is 117 cm³/mol. The summed E-state index contributed by atoms with van der Waals surface area (Å²) >= 11 is 0. The van der Waals surface area contributed by atoms with E-state index in [0.717, 1.165) is 23.1 Å². The number of benzene rings is 2. The van der Waals surface area contributed by atoms with E-state index >= 15 is 0 Å². The molecule has 2 aromatic rings. The number of methoxy groups -OCH3 is 2. The van der Waals surface area contributed by atoms with Gasteiger partial charge < -0.3 is 28.4 Å². The Morgan fingerprint density at radius 3 is 2.58 bits per heavy atom. The molecule has 3 aliphatic rings. The maximum Gasteiger partial charge on any atom is 0.338 e. The first-order valence-corrected chi connectivity index (χ1v) is 11.0. The van der Waals surface area contributed by atoms with Crippen LogP contribution in [-0.2, 0) is 25.6 Å². The van der Waals surface area contributed by atoms with E-state index in [4.69, 9.17) is 28.4 Å². The van der Waals surface area contributed by atoms with E-state index in [-0.39, 0.29) is 31.3 Å². The average Bonchev–Trinajstić information content (AvgIpc) is 3.28. The Kier molecular flexibility index (Phi) is 5.62. The molecular formula is C25H26O8. The average molecular weight is 454 g/mol. The van der Waals surface area contributed by atoms with E-state index in [1.165, 1.54) is 7.11 Å². The molecule has 33 heavy (non-hydrogen) atoms. The lowest BCUT2D eigenvalue weighted by atomic mass is 9.95. The van der Waals surface area contributed by atoms with Crippen LogP contribution in [0.15, 0.2) is 30.3 Å². The third-order valence-electron chi connectivity index (χ3n) is 6.47. The molecule has 1 saturated heterocycles. The molecular weight excluding hydrogens is 428 g/mol. The summed E-state index contributed by atoms with van der Waals surface area (Å²) in [5.74, 6) is 0.789. The molecule has 1 atom stereocenters. The minimum absolute atomic E-state index is 0.153. The number of rotatable bonds is 8. The number of fused-ring (bicyclic) bond motifs is 1. The number of hydrogen-bond donors (Lipinski definition) is 0. The Hall–Kier alpha value is -3.26. The number of ether oxygens (including phenoxy) is 6. The van der Waals surface area contributed by atoms with Crippen molar-refractivity contribution in [1.82, 2.24) is 0 Å². The maximum absolute atomic E-state index is 12.9. The van der Waals surface area contributed by atoms with Crippen LogP contribution in [-0.4, -0.2) is 52.1 Å². The fourth-order valence-electron chi connectivity index (χ4n) is 4.31. The van der Waals surface area contributed by atoms with Gasteiger partial charge >= 0.3 is 11.9 Å². The molecule has 0 aromatic heterocycles. The van der Waals surface area contributed by atoms with Crippen molar-refractivity contribution in [2.75, 3.05) is 34.0 Å². The minimum atomic E-state index is -0.675. The van der Waals surface area contributed by atoms with Gasteiger partial charge in [0.25, 0.3) is 0 Å². The SMILES string of the molecule is COc1ccc(-c2cccc3c2COC3=O)c(OCC2(C(=O)O[C@@H]3CCOC3)CC2)c1OC. The topological polar surface area (TPSA) is 89.5 Å². The van der Waals surface area contributed by atoms with Crippen molar-refractivity contribution in [2.24, 2.45) is 5.41 Å². The summed E-state index contributed by atoms with van der Waals surface area (Å²) in [6.07, 6.45) is 1.92. The smallest absolute Gasteiger partial charge is 0.338 e. The third-order valence-corrected chi connectivity index (χ3v) is 6.47. The number of carbonyl (C=O) groups is 2. The highest BCUT2D eigenvalue weighted by molar-refractivity contribution is 5.96. The molecule has 0 N–H and O–H groups in total. The zero-order chi connectivity index (χ0) is 23.0. The van der Waals surface area contributed by atoms with E-state index in [9.17, 15) is 9.59 Å². The highest BCUT2D eigenvalue weighted by Gasteiger charge is 2.53. The molecule has 2 aliphatic heterocycles. The molecule has 8 heteroatoms. The lowest BCUT2D eigenvalue weighted by molar-refractivity contribution is -0.157. The maximum atomic E-state index is 12.9. The van der Waals surface area contributed by atoms with Crippen LogP contribution < -0.4 is 14.2 Å². The fraction of sp³-hybridized carbons (Fsp3) is 0.440. The van der Waals surface area contributed by atoms with E-state index in [1.54, 1.807) is 19.2 Å². The number of carbonyl (C=O) groups excluding carboxylic acids is 2. The van der Waals surface area contributed by atoms with E-state index < -0.39 is 5.41 Å². The van der Waals surface area contributed by atoms with Gasteiger partial charge in [-0.2, -0.15) is 0 Å².